The predicted molar refractivity (Wildman–Crippen MR) is 86.5 cm³/mol. The number of thiophene rings is 1. The Morgan fingerprint density at radius 1 is 1.09 bits per heavy atom. The highest BCUT2D eigenvalue weighted by Gasteiger charge is 2.07. The Morgan fingerprint density at radius 2 is 1.91 bits per heavy atom. The third kappa shape index (κ3) is 6.10. The fraction of sp³-hybridized carbons (Fsp3) is 0.294. The molecule has 5 heteroatoms. The SMILES string of the molecule is O=C(CCCc1cccs1)NCC(=O)OCc1ccccc1. The molecule has 1 N–H and O–H groups in total. The van der Waals surface area contributed by atoms with Gasteiger partial charge in [-0.1, -0.05) is 36.4 Å². The standard InChI is InChI=1S/C17H19NO3S/c19-16(10-4-8-15-9-5-11-22-15)18-12-17(20)21-13-14-6-2-1-3-7-14/h1-3,5-7,9,11H,4,8,10,12-13H2,(H,18,19). The molecule has 2 aromatic rings. The summed E-state index contributed by atoms with van der Waals surface area (Å²) in [6, 6.07) is 13.5. The van der Waals surface area contributed by atoms with E-state index < -0.39 is 5.97 Å². The molecule has 0 saturated heterocycles. The van der Waals surface area contributed by atoms with Crippen molar-refractivity contribution in [2.24, 2.45) is 0 Å². The summed E-state index contributed by atoms with van der Waals surface area (Å²) < 4.78 is 5.09. The molecule has 0 unspecified atom stereocenters. The Balaban J connectivity index is 1.56. The second kappa shape index (κ2) is 9.00. The Labute approximate surface area is 134 Å². The smallest absolute Gasteiger partial charge is 0.325 e. The number of aryl methyl sites for hydroxylation is 1. The maximum atomic E-state index is 11.6. The molecule has 0 bridgehead atoms. The maximum absolute atomic E-state index is 11.6. The maximum Gasteiger partial charge on any atom is 0.325 e. The van der Waals surface area contributed by atoms with Crippen molar-refractivity contribution in [3.8, 4) is 0 Å². The van der Waals surface area contributed by atoms with Crippen molar-refractivity contribution in [3.05, 3.63) is 58.3 Å². The van der Waals surface area contributed by atoms with E-state index >= 15 is 0 Å². The summed E-state index contributed by atoms with van der Waals surface area (Å²) in [5.41, 5.74) is 0.929. The summed E-state index contributed by atoms with van der Waals surface area (Å²) in [5, 5.41) is 4.61. The van der Waals surface area contributed by atoms with Crippen LogP contribution in [-0.4, -0.2) is 18.4 Å². The lowest BCUT2D eigenvalue weighted by Crippen LogP contribution is -2.30. The van der Waals surface area contributed by atoms with Crippen molar-refractivity contribution in [3.63, 3.8) is 0 Å². The lowest BCUT2D eigenvalue weighted by molar-refractivity contribution is -0.145. The molecule has 0 radical (unpaired) electrons. The van der Waals surface area contributed by atoms with Crippen LogP contribution in [0.4, 0.5) is 0 Å². The Hall–Kier alpha value is -2.14. The number of ether oxygens (including phenoxy) is 1. The van der Waals surface area contributed by atoms with Gasteiger partial charge in [0.1, 0.15) is 13.2 Å². The van der Waals surface area contributed by atoms with Crippen LogP contribution in [0.3, 0.4) is 0 Å². The summed E-state index contributed by atoms with van der Waals surface area (Å²) in [4.78, 5) is 24.5. The lowest BCUT2D eigenvalue weighted by atomic mass is 10.2. The number of esters is 1. The quantitative estimate of drug-likeness (QED) is 0.762. The molecule has 0 aliphatic heterocycles. The summed E-state index contributed by atoms with van der Waals surface area (Å²) in [6.07, 6.45) is 2.10. The fourth-order valence-corrected chi connectivity index (χ4v) is 2.68. The number of amides is 1. The summed E-state index contributed by atoms with van der Waals surface area (Å²) in [5.74, 6) is -0.538. The van der Waals surface area contributed by atoms with Crippen molar-refractivity contribution < 1.29 is 14.3 Å². The van der Waals surface area contributed by atoms with Gasteiger partial charge >= 0.3 is 5.97 Å². The van der Waals surface area contributed by atoms with Crippen molar-refractivity contribution in [1.82, 2.24) is 5.32 Å². The summed E-state index contributed by atoms with van der Waals surface area (Å²) >= 11 is 1.69. The van der Waals surface area contributed by atoms with Gasteiger partial charge in [0.05, 0.1) is 0 Å². The minimum Gasteiger partial charge on any atom is -0.460 e. The van der Waals surface area contributed by atoms with E-state index in [1.165, 1.54) is 4.88 Å². The van der Waals surface area contributed by atoms with Gasteiger partial charge in [-0.3, -0.25) is 9.59 Å². The molecule has 1 amide bonds. The molecule has 2 rings (SSSR count). The first-order valence-corrected chi connectivity index (χ1v) is 8.10. The molecule has 1 heterocycles. The molecule has 0 aliphatic carbocycles. The monoisotopic (exact) mass is 317 g/mol. The van der Waals surface area contributed by atoms with Crippen LogP contribution in [0.1, 0.15) is 23.3 Å². The molecular formula is C17H19NO3S. The second-order valence-electron chi connectivity index (χ2n) is 4.86. The molecule has 0 spiro atoms. The van der Waals surface area contributed by atoms with E-state index in [9.17, 15) is 9.59 Å². The fourth-order valence-electron chi connectivity index (χ4n) is 1.93. The average molecular weight is 317 g/mol. The number of rotatable bonds is 8. The first-order chi connectivity index (χ1) is 10.7. The van der Waals surface area contributed by atoms with Gasteiger partial charge in [-0.25, -0.2) is 0 Å². The highest BCUT2D eigenvalue weighted by atomic mass is 32.1. The number of hydrogen-bond acceptors (Lipinski definition) is 4. The third-order valence-electron chi connectivity index (χ3n) is 3.08. The molecule has 0 fully saturated rings. The molecular weight excluding hydrogens is 298 g/mol. The molecule has 22 heavy (non-hydrogen) atoms. The average Bonchev–Trinajstić information content (AvgIpc) is 3.05. The Bertz CT molecular complexity index is 581. The normalized spacial score (nSPS) is 10.2. The molecule has 0 saturated carbocycles. The number of benzene rings is 1. The minimum atomic E-state index is -0.421. The van der Waals surface area contributed by atoms with Crippen LogP contribution in [-0.2, 0) is 27.4 Å². The number of nitrogens with one attached hydrogen (secondary N) is 1. The van der Waals surface area contributed by atoms with Gasteiger partial charge in [0.2, 0.25) is 5.91 Å². The zero-order valence-corrected chi connectivity index (χ0v) is 13.1. The Morgan fingerprint density at radius 3 is 2.64 bits per heavy atom. The summed E-state index contributed by atoms with van der Waals surface area (Å²) in [6.45, 7) is 0.151. The largest absolute Gasteiger partial charge is 0.460 e. The van der Waals surface area contributed by atoms with E-state index in [-0.39, 0.29) is 19.1 Å². The summed E-state index contributed by atoms with van der Waals surface area (Å²) in [7, 11) is 0. The van der Waals surface area contributed by atoms with Crippen LogP contribution in [0.25, 0.3) is 0 Å². The van der Waals surface area contributed by atoms with Gasteiger partial charge in [0.15, 0.2) is 0 Å². The van der Waals surface area contributed by atoms with Crippen molar-refractivity contribution in [2.45, 2.75) is 25.9 Å². The van der Waals surface area contributed by atoms with E-state index in [0.29, 0.717) is 6.42 Å². The minimum absolute atomic E-state index is 0.0787. The number of carbonyl (C=O) groups is 2. The first kappa shape index (κ1) is 16.2. The molecule has 116 valence electrons. The number of hydrogen-bond donors (Lipinski definition) is 1. The zero-order valence-electron chi connectivity index (χ0n) is 12.3. The highest BCUT2D eigenvalue weighted by Crippen LogP contribution is 2.11. The van der Waals surface area contributed by atoms with Gasteiger partial charge in [0, 0.05) is 11.3 Å². The van der Waals surface area contributed by atoms with Crippen molar-refractivity contribution in [1.29, 1.82) is 0 Å². The van der Waals surface area contributed by atoms with Gasteiger partial charge in [0.25, 0.3) is 0 Å². The molecule has 4 nitrogen and oxygen atoms in total. The molecule has 1 aromatic heterocycles. The molecule has 0 aliphatic rings. The lowest BCUT2D eigenvalue weighted by Gasteiger charge is -2.06. The van der Waals surface area contributed by atoms with Gasteiger partial charge in [-0.05, 0) is 29.9 Å². The third-order valence-corrected chi connectivity index (χ3v) is 4.02. The van der Waals surface area contributed by atoms with Crippen LogP contribution in [0.5, 0.6) is 0 Å². The van der Waals surface area contributed by atoms with Crippen LogP contribution in [0.2, 0.25) is 0 Å². The zero-order chi connectivity index (χ0) is 15.6. The molecule has 1 aromatic carbocycles. The van der Waals surface area contributed by atoms with Gasteiger partial charge in [-0.15, -0.1) is 11.3 Å². The second-order valence-corrected chi connectivity index (χ2v) is 5.89. The highest BCUT2D eigenvalue weighted by molar-refractivity contribution is 7.09. The Kier molecular flexibility index (Phi) is 6.64. The van der Waals surface area contributed by atoms with Crippen LogP contribution in [0.15, 0.2) is 47.8 Å². The van der Waals surface area contributed by atoms with E-state index in [4.69, 9.17) is 4.74 Å². The van der Waals surface area contributed by atoms with E-state index in [2.05, 4.69) is 11.4 Å². The van der Waals surface area contributed by atoms with Crippen LogP contribution in [0, 0.1) is 0 Å². The van der Waals surface area contributed by atoms with E-state index in [1.54, 1.807) is 11.3 Å². The van der Waals surface area contributed by atoms with E-state index in [0.717, 1.165) is 18.4 Å². The van der Waals surface area contributed by atoms with Gasteiger partial charge < -0.3 is 10.1 Å². The topological polar surface area (TPSA) is 55.4 Å². The van der Waals surface area contributed by atoms with Crippen LogP contribution < -0.4 is 5.32 Å². The van der Waals surface area contributed by atoms with Crippen molar-refractivity contribution in [2.75, 3.05) is 6.54 Å². The molecule has 0 atom stereocenters. The van der Waals surface area contributed by atoms with Gasteiger partial charge in [-0.2, -0.15) is 0 Å². The number of carbonyl (C=O) groups excluding carboxylic acids is 2. The van der Waals surface area contributed by atoms with E-state index in [1.807, 2.05) is 41.8 Å². The first-order valence-electron chi connectivity index (χ1n) is 7.22. The van der Waals surface area contributed by atoms with Crippen molar-refractivity contribution >= 4 is 23.2 Å². The van der Waals surface area contributed by atoms with Crippen LogP contribution >= 0.6 is 11.3 Å². The predicted octanol–water partition coefficient (Wildman–Crippen LogP) is 2.93.